The third kappa shape index (κ3) is 2.30. The Labute approximate surface area is 41.4 Å². The number of carbonyl (C=O) groups is 1. The minimum atomic E-state index is -4.38. The Bertz CT molecular complexity index is 167. The average Bonchev–Trinajstić information content (AvgIpc) is 1.31. The fourth-order valence-electron chi connectivity index (χ4n) is 0. The van der Waals surface area contributed by atoms with Gasteiger partial charge in [0.1, 0.15) is 0 Å². The van der Waals surface area contributed by atoms with Gasteiger partial charge < -0.3 is 0 Å². The Kier molecular flexibility index (Phi) is 1.49. The Morgan fingerprint density at radius 3 is 1.71 bits per heavy atom. The van der Waals surface area contributed by atoms with E-state index in [1.165, 1.54) is 0 Å². The summed E-state index contributed by atoms with van der Waals surface area (Å²) in [4.78, 5) is 9.63. The molecule has 0 fully saturated rings. The van der Waals surface area contributed by atoms with E-state index in [-0.39, 0.29) is 0 Å². The van der Waals surface area contributed by atoms with Crippen LogP contribution in [0.3, 0.4) is 0 Å². The summed E-state index contributed by atoms with van der Waals surface area (Å²) in [5.74, 6) is 0. The smallest absolute Gasteiger partial charge is 0.280 e. The van der Waals surface area contributed by atoms with Crippen molar-refractivity contribution >= 4 is 15.1 Å². The molecule has 0 bridgehead atoms. The molecule has 5 heteroatoms. The van der Waals surface area contributed by atoms with Gasteiger partial charge >= 0.3 is 10.0 Å². The fourth-order valence-corrected chi connectivity index (χ4v) is 0. The standard InChI is InChI=1S/C2H3NO3S/c1-2(4)7(3,5)6/h1H3. The Morgan fingerprint density at radius 1 is 1.57 bits per heavy atom. The molecule has 0 aromatic heterocycles. The average molecular weight is 121 g/mol. The first-order chi connectivity index (χ1) is 2.94. The molecule has 0 aliphatic rings. The summed E-state index contributed by atoms with van der Waals surface area (Å²) in [5, 5.41) is 6.49. The molecule has 0 amide bonds. The summed E-state index contributed by atoms with van der Waals surface area (Å²) in [6.07, 6.45) is 0. The first-order valence-electron chi connectivity index (χ1n) is 1.42. The summed E-state index contributed by atoms with van der Waals surface area (Å²) in [5.41, 5.74) is 0. The van der Waals surface area contributed by atoms with Crippen LogP contribution in [0.2, 0.25) is 0 Å². The highest BCUT2D eigenvalue weighted by Gasteiger charge is 2.10. The molecule has 0 aliphatic heterocycles. The normalized spacial score (nSPS) is 11.1. The molecule has 0 aromatic rings. The molecule has 2 radical (unpaired) electrons. The maximum absolute atomic E-state index is 9.63. The molecule has 0 saturated heterocycles. The second kappa shape index (κ2) is 1.59. The maximum atomic E-state index is 9.63. The second-order valence-electron chi connectivity index (χ2n) is 0.967. The SMILES string of the molecule is CC(=O)S([N])(=O)=O. The quantitative estimate of drug-likeness (QED) is 0.409. The van der Waals surface area contributed by atoms with Gasteiger partial charge in [0, 0.05) is 12.1 Å². The molecule has 0 aromatic carbocycles. The zero-order chi connectivity index (χ0) is 6.08. The molecule has 0 saturated carbocycles. The maximum Gasteiger partial charge on any atom is 0.307 e. The van der Waals surface area contributed by atoms with E-state index in [2.05, 4.69) is 0 Å². The highest BCUT2D eigenvalue weighted by atomic mass is 32.2. The number of hydrogen-bond donors (Lipinski definition) is 0. The van der Waals surface area contributed by atoms with E-state index in [0.29, 0.717) is 0 Å². The molecule has 4 nitrogen and oxygen atoms in total. The van der Waals surface area contributed by atoms with Crippen LogP contribution >= 0.6 is 0 Å². The van der Waals surface area contributed by atoms with Gasteiger partial charge in [-0.25, -0.2) is 8.42 Å². The molecule has 7 heavy (non-hydrogen) atoms. The predicted octanol–water partition coefficient (Wildman–Crippen LogP) is -1.07. The second-order valence-corrected chi connectivity index (χ2v) is 2.49. The van der Waals surface area contributed by atoms with Gasteiger partial charge in [-0.15, -0.1) is 0 Å². The van der Waals surface area contributed by atoms with Crippen LogP contribution in [0.5, 0.6) is 0 Å². The molecule has 0 aliphatic carbocycles. The molecular formula is C2H3NO3S. The monoisotopic (exact) mass is 121 g/mol. The summed E-state index contributed by atoms with van der Waals surface area (Å²) in [6.45, 7) is 0.773. The first-order valence-corrected chi connectivity index (χ1v) is 2.86. The first kappa shape index (κ1) is 6.58. The number of rotatable bonds is 0. The zero-order valence-electron chi connectivity index (χ0n) is 3.58. The van der Waals surface area contributed by atoms with Gasteiger partial charge in [0.2, 0.25) is 0 Å². The fraction of sp³-hybridized carbons (Fsp3) is 0.500. The molecule has 0 spiro atoms. The summed E-state index contributed by atoms with van der Waals surface area (Å²) < 4.78 is 19.1. The van der Waals surface area contributed by atoms with E-state index in [1.54, 1.807) is 0 Å². The molecule has 0 atom stereocenters. The van der Waals surface area contributed by atoms with Gasteiger partial charge in [0.25, 0.3) is 5.12 Å². The molecule has 0 rings (SSSR count). The minimum absolute atomic E-state index is 0.773. The summed E-state index contributed by atoms with van der Waals surface area (Å²) >= 11 is 0. The lowest BCUT2D eigenvalue weighted by atomic mass is 10.9. The topological polar surface area (TPSA) is 73.5 Å². The lowest BCUT2D eigenvalue weighted by molar-refractivity contribution is -0.109. The van der Waals surface area contributed by atoms with Crippen molar-refractivity contribution in [2.24, 2.45) is 0 Å². The molecule has 0 heterocycles. The van der Waals surface area contributed by atoms with Crippen molar-refractivity contribution in [2.75, 3.05) is 0 Å². The molecule has 0 N–H and O–H groups in total. The van der Waals surface area contributed by atoms with Crippen molar-refractivity contribution in [3.8, 4) is 0 Å². The number of sulfonamides is 1. The lowest BCUT2D eigenvalue weighted by Crippen LogP contribution is -2.09. The van der Waals surface area contributed by atoms with Gasteiger partial charge in [-0.3, -0.25) is 4.79 Å². The molecule has 0 unspecified atom stereocenters. The summed E-state index contributed by atoms with van der Waals surface area (Å²) in [7, 11) is -4.38. The van der Waals surface area contributed by atoms with Crippen molar-refractivity contribution in [3.05, 3.63) is 0 Å². The van der Waals surface area contributed by atoms with Crippen molar-refractivity contribution in [3.63, 3.8) is 0 Å². The van der Waals surface area contributed by atoms with Crippen molar-refractivity contribution in [2.45, 2.75) is 6.92 Å². The van der Waals surface area contributed by atoms with Crippen LogP contribution in [-0.2, 0) is 14.8 Å². The third-order valence-electron chi connectivity index (χ3n) is 0.363. The van der Waals surface area contributed by atoms with E-state index >= 15 is 0 Å². The minimum Gasteiger partial charge on any atom is -0.280 e. The summed E-state index contributed by atoms with van der Waals surface area (Å²) in [6, 6.07) is 0. The van der Waals surface area contributed by atoms with E-state index in [0.717, 1.165) is 6.92 Å². The number of hydrogen-bond acceptors (Lipinski definition) is 3. The van der Waals surface area contributed by atoms with E-state index in [9.17, 15) is 13.2 Å². The Hall–Kier alpha value is -0.420. The van der Waals surface area contributed by atoms with Crippen LogP contribution < -0.4 is 5.14 Å². The predicted molar refractivity (Wildman–Crippen MR) is 21.7 cm³/mol. The van der Waals surface area contributed by atoms with Crippen LogP contribution in [0, 0.1) is 0 Å². The van der Waals surface area contributed by atoms with Crippen LogP contribution in [0.4, 0.5) is 0 Å². The van der Waals surface area contributed by atoms with Crippen LogP contribution in [-0.4, -0.2) is 13.5 Å². The zero-order valence-corrected chi connectivity index (χ0v) is 4.40. The highest BCUT2D eigenvalue weighted by Crippen LogP contribution is 1.77. The number of carbonyl (C=O) groups excluding carboxylic acids is 1. The Morgan fingerprint density at radius 2 is 1.71 bits per heavy atom. The van der Waals surface area contributed by atoms with Gasteiger partial charge in [-0.05, 0) is 0 Å². The van der Waals surface area contributed by atoms with Gasteiger partial charge in [0.05, 0.1) is 0 Å². The number of nitrogens with zero attached hydrogens (tertiary/aromatic N) is 1. The van der Waals surface area contributed by atoms with Crippen LogP contribution in [0.1, 0.15) is 6.92 Å². The van der Waals surface area contributed by atoms with Crippen molar-refractivity contribution in [1.82, 2.24) is 5.14 Å². The largest absolute Gasteiger partial charge is 0.307 e. The van der Waals surface area contributed by atoms with E-state index < -0.39 is 15.1 Å². The van der Waals surface area contributed by atoms with E-state index in [1.807, 2.05) is 0 Å². The van der Waals surface area contributed by atoms with Crippen LogP contribution in [0.15, 0.2) is 0 Å². The van der Waals surface area contributed by atoms with Gasteiger partial charge in [-0.2, -0.15) is 0 Å². The molecule has 40 valence electrons. The van der Waals surface area contributed by atoms with E-state index in [4.69, 9.17) is 5.14 Å². The highest BCUT2D eigenvalue weighted by molar-refractivity contribution is 8.03. The lowest BCUT2D eigenvalue weighted by Gasteiger charge is -1.77. The third-order valence-corrected chi connectivity index (χ3v) is 1.09. The van der Waals surface area contributed by atoms with Crippen LogP contribution in [0.25, 0.3) is 0 Å². The van der Waals surface area contributed by atoms with Gasteiger partial charge in [0.15, 0.2) is 0 Å². The van der Waals surface area contributed by atoms with Crippen molar-refractivity contribution in [1.29, 1.82) is 0 Å². The molecular weight excluding hydrogens is 118 g/mol. The van der Waals surface area contributed by atoms with Crippen molar-refractivity contribution < 1.29 is 13.2 Å². The van der Waals surface area contributed by atoms with Gasteiger partial charge in [-0.1, -0.05) is 0 Å². The Balaban J connectivity index is 4.43.